The minimum atomic E-state index is -0.716. The van der Waals surface area contributed by atoms with Gasteiger partial charge in [-0.3, -0.25) is 9.59 Å². The van der Waals surface area contributed by atoms with Crippen LogP contribution in [0.1, 0.15) is 30.7 Å². The highest BCUT2D eigenvalue weighted by Crippen LogP contribution is 2.36. The Hall–Kier alpha value is -3.43. The second kappa shape index (κ2) is 9.15. The van der Waals surface area contributed by atoms with Crippen molar-refractivity contribution in [1.29, 1.82) is 0 Å². The molecule has 3 rings (SSSR count). The van der Waals surface area contributed by atoms with Crippen LogP contribution < -0.4 is 10.3 Å². The lowest BCUT2D eigenvalue weighted by molar-refractivity contribution is -0.137. The van der Waals surface area contributed by atoms with E-state index < -0.39 is 23.3 Å². The Bertz CT molecular complexity index is 1270. The number of carbonyl (C=O) groups excluding carboxylic acids is 1. The first-order chi connectivity index (χ1) is 14.7. The lowest BCUT2D eigenvalue weighted by atomic mass is 9.98. The monoisotopic (exact) mass is 438 g/mol. The van der Waals surface area contributed by atoms with Crippen molar-refractivity contribution < 1.29 is 13.9 Å². The maximum Gasteiger partial charge on any atom is 0.313 e. The van der Waals surface area contributed by atoms with Crippen LogP contribution in [0.2, 0.25) is 5.02 Å². The number of hydrogen-bond donors (Lipinski definition) is 0. The molecule has 0 spiro atoms. The van der Waals surface area contributed by atoms with Gasteiger partial charge in [0, 0.05) is 18.2 Å². The van der Waals surface area contributed by atoms with Gasteiger partial charge < -0.3 is 4.74 Å². The fourth-order valence-electron chi connectivity index (χ4n) is 2.89. The highest BCUT2D eigenvalue weighted by molar-refractivity contribution is 6.32. The molecule has 158 valence electrons. The first kappa shape index (κ1) is 22.3. The van der Waals surface area contributed by atoms with Crippen molar-refractivity contribution in [2.24, 2.45) is 13.0 Å². The van der Waals surface area contributed by atoms with Crippen molar-refractivity contribution in [3.05, 3.63) is 80.5 Å². The summed E-state index contributed by atoms with van der Waals surface area (Å²) in [5.74, 6) is 3.96. The molecule has 0 saturated heterocycles. The molecule has 1 heterocycles. The molecule has 0 bridgehead atoms. The number of carbonyl (C=O) groups is 1. The summed E-state index contributed by atoms with van der Waals surface area (Å²) in [6.07, 6.45) is 0. The molecule has 0 saturated carbocycles. The summed E-state index contributed by atoms with van der Waals surface area (Å²) in [5, 5.41) is 4.25. The predicted molar refractivity (Wildman–Crippen MR) is 118 cm³/mol. The number of nitrogens with zero attached hydrogens (tertiary/aromatic N) is 2. The smallest absolute Gasteiger partial charge is 0.313 e. The average Bonchev–Trinajstić information content (AvgIpc) is 2.74. The van der Waals surface area contributed by atoms with Crippen LogP contribution in [0.3, 0.4) is 0 Å². The van der Waals surface area contributed by atoms with E-state index in [9.17, 15) is 9.59 Å². The number of halogens is 2. The van der Waals surface area contributed by atoms with Crippen LogP contribution in [-0.4, -0.2) is 15.7 Å². The van der Waals surface area contributed by atoms with Gasteiger partial charge in [-0.2, -0.15) is 5.10 Å². The molecule has 7 heteroatoms. The van der Waals surface area contributed by atoms with Crippen molar-refractivity contribution >= 4 is 17.6 Å². The number of aryl methyl sites for hydroxylation is 2. The second-order valence-electron chi connectivity index (χ2n) is 7.19. The first-order valence-electron chi connectivity index (χ1n) is 9.55. The Balaban J connectivity index is 2.33. The molecule has 0 aliphatic carbocycles. The van der Waals surface area contributed by atoms with Gasteiger partial charge in [0.25, 0.3) is 5.56 Å². The summed E-state index contributed by atoms with van der Waals surface area (Å²) < 4.78 is 21.7. The van der Waals surface area contributed by atoms with Gasteiger partial charge in [0.1, 0.15) is 11.5 Å². The third-order valence-electron chi connectivity index (χ3n) is 4.50. The lowest BCUT2D eigenvalue weighted by Gasteiger charge is -2.16. The summed E-state index contributed by atoms with van der Waals surface area (Å²) >= 11 is 6.36. The van der Waals surface area contributed by atoms with Crippen LogP contribution in [0.15, 0.2) is 47.3 Å². The molecular formula is C24H20ClFN2O3. The van der Waals surface area contributed by atoms with Crippen LogP contribution in [-0.2, 0) is 11.8 Å². The number of aromatic nitrogens is 2. The van der Waals surface area contributed by atoms with E-state index >= 15 is 4.39 Å². The zero-order valence-corrected chi connectivity index (χ0v) is 18.2. The van der Waals surface area contributed by atoms with Gasteiger partial charge in [0.15, 0.2) is 5.75 Å². The zero-order chi connectivity index (χ0) is 22.7. The molecule has 0 unspecified atom stereocenters. The van der Waals surface area contributed by atoms with E-state index in [0.29, 0.717) is 5.56 Å². The molecule has 0 radical (unpaired) electrons. The van der Waals surface area contributed by atoms with Gasteiger partial charge in [0.05, 0.1) is 22.1 Å². The first-order valence-corrected chi connectivity index (χ1v) is 9.93. The van der Waals surface area contributed by atoms with Crippen molar-refractivity contribution in [3.63, 3.8) is 0 Å². The molecule has 31 heavy (non-hydrogen) atoms. The van der Waals surface area contributed by atoms with Crippen LogP contribution >= 0.6 is 11.6 Å². The van der Waals surface area contributed by atoms with Gasteiger partial charge >= 0.3 is 5.97 Å². The Morgan fingerprint density at radius 3 is 2.45 bits per heavy atom. The normalized spacial score (nSPS) is 10.5. The van der Waals surface area contributed by atoms with Crippen LogP contribution in [0.5, 0.6) is 5.75 Å². The molecular weight excluding hydrogens is 419 g/mol. The zero-order valence-electron chi connectivity index (χ0n) is 17.5. The van der Waals surface area contributed by atoms with Gasteiger partial charge in [-0.1, -0.05) is 55.5 Å². The van der Waals surface area contributed by atoms with Crippen LogP contribution in [0.25, 0.3) is 11.1 Å². The second-order valence-corrected chi connectivity index (χ2v) is 7.60. The third kappa shape index (κ3) is 4.68. The standard InChI is InChI=1S/C24H20ClFN2O3/c1-14(2)24(30)31-22-15(3)27-28(4)23(29)21(22)20-17(18(25)12-13-19(20)26)11-10-16-8-6-5-7-9-16/h5-9,12-14H,1-4H3. The van der Waals surface area contributed by atoms with E-state index in [0.717, 1.165) is 10.7 Å². The van der Waals surface area contributed by atoms with E-state index in [1.807, 2.05) is 18.2 Å². The van der Waals surface area contributed by atoms with E-state index in [1.165, 1.54) is 13.1 Å². The molecule has 5 nitrogen and oxygen atoms in total. The minimum Gasteiger partial charge on any atom is -0.423 e. The van der Waals surface area contributed by atoms with Crippen molar-refractivity contribution in [3.8, 4) is 28.7 Å². The SMILES string of the molecule is Cc1nn(C)c(=O)c(-c2c(F)ccc(Cl)c2C#Cc2ccccc2)c1OC(=O)C(C)C. The third-order valence-corrected chi connectivity index (χ3v) is 4.81. The van der Waals surface area contributed by atoms with Crippen molar-refractivity contribution in [1.82, 2.24) is 9.78 Å². The fourth-order valence-corrected chi connectivity index (χ4v) is 3.10. The summed E-state index contributed by atoms with van der Waals surface area (Å²) in [7, 11) is 1.44. The lowest BCUT2D eigenvalue weighted by Crippen LogP contribution is -2.26. The highest BCUT2D eigenvalue weighted by Gasteiger charge is 2.26. The van der Waals surface area contributed by atoms with E-state index in [2.05, 4.69) is 16.9 Å². The van der Waals surface area contributed by atoms with Gasteiger partial charge in [-0.25, -0.2) is 9.07 Å². The Morgan fingerprint density at radius 1 is 1.13 bits per heavy atom. The van der Waals surface area contributed by atoms with Crippen LogP contribution in [0.4, 0.5) is 4.39 Å². The van der Waals surface area contributed by atoms with E-state index in [4.69, 9.17) is 16.3 Å². The predicted octanol–water partition coefficient (Wildman–Crippen LogP) is 4.51. The quantitative estimate of drug-likeness (QED) is 0.446. The van der Waals surface area contributed by atoms with E-state index in [-0.39, 0.29) is 33.2 Å². The topological polar surface area (TPSA) is 61.2 Å². The number of rotatable bonds is 3. The Kier molecular flexibility index (Phi) is 6.57. The van der Waals surface area contributed by atoms with Gasteiger partial charge in [-0.15, -0.1) is 0 Å². The van der Waals surface area contributed by atoms with Gasteiger partial charge in [-0.05, 0) is 31.2 Å². The molecule has 1 aromatic heterocycles. The molecule has 0 aliphatic heterocycles. The minimum absolute atomic E-state index is 0.106. The average molecular weight is 439 g/mol. The van der Waals surface area contributed by atoms with Crippen molar-refractivity contribution in [2.75, 3.05) is 0 Å². The summed E-state index contributed by atoms with van der Waals surface area (Å²) in [6.45, 7) is 4.88. The van der Waals surface area contributed by atoms with Crippen LogP contribution in [0, 0.1) is 30.5 Å². The van der Waals surface area contributed by atoms with E-state index in [1.54, 1.807) is 32.9 Å². The van der Waals surface area contributed by atoms with Crippen molar-refractivity contribution in [2.45, 2.75) is 20.8 Å². The molecule has 2 aromatic carbocycles. The molecule has 0 aliphatic rings. The maximum absolute atomic E-state index is 15.1. The maximum atomic E-state index is 15.1. The Labute approximate surface area is 184 Å². The Morgan fingerprint density at radius 2 is 1.81 bits per heavy atom. The molecule has 0 fully saturated rings. The largest absolute Gasteiger partial charge is 0.423 e. The van der Waals surface area contributed by atoms with Gasteiger partial charge in [0.2, 0.25) is 0 Å². The summed E-state index contributed by atoms with van der Waals surface area (Å²) in [4.78, 5) is 25.3. The number of benzene rings is 2. The highest BCUT2D eigenvalue weighted by atomic mass is 35.5. The number of hydrogen-bond acceptors (Lipinski definition) is 4. The summed E-state index contributed by atoms with van der Waals surface area (Å²) in [5.41, 5.74) is 0.151. The fraction of sp³-hybridized carbons (Fsp3) is 0.208. The molecule has 3 aromatic rings. The number of esters is 1. The summed E-state index contributed by atoms with van der Waals surface area (Å²) in [6, 6.07) is 11.6. The molecule has 0 N–H and O–H groups in total. The molecule has 0 amide bonds. The number of ether oxygens (including phenoxy) is 1. The molecule has 0 atom stereocenters.